The second-order valence-corrected chi connectivity index (χ2v) is 4.76. The molecule has 0 radical (unpaired) electrons. The largest absolute Gasteiger partial charge is 0.323 e. The van der Waals surface area contributed by atoms with E-state index in [1.165, 1.54) is 23.1 Å². The average molecular weight is 297 g/mol. The topological polar surface area (TPSA) is 44.1 Å². The van der Waals surface area contributed by atoms with E-state index in [1.807, 2.05) is 0 Å². The van der Waals surface area contributed by atoms with Gasteiger partial charge in [-0.1, -0.05) is 0 Å². The minimum Gasteiger partial charge on any atom is -0.323 e. The molecule has 1 amide bonds. The van der Waals surface area contributed by atoms with Crippen LogP contribution >= 0.6 is 15.9 Å². The third kappa shape index (κ3) is 2.32. The van der Waals surface area contributed by atoms with Gasteiger partial charge in [-0.15, -0.1) is 0 Å². The van der Waals surface area contributed by atoms with Gasteiger partial charge in [0.1, 0.15) is 11.9 Å². The molecule has 88 valence electrons. The molecule has 1 heterocycles. The van der Waals surface area contributed by atoms with E-state index in [0.29, 0.717) is 17.4 Å². The van der Waals surface area contributed by atoms with Crippen LogP contribution in [-0.2, 0) is 0 Å². The predicted octanol–water partition coefficient (Wildman–Crippen LogP) is 2.72. The first-order valence-electron chi connectivity index (χ1n) is 5.29. The Labute approximate surface area is 107 Å². The monoisotopic (exact) mass is 296 g/mol. The maximum Gasteiger partial charge on any atom is 0.256 e. The summed E-state index contributed by atoms with van der Waals surface area (Å²) in [5, 5.41) is 8.93. The summed E-state index contributed by atoms with van der Waals surface area (Å²) in [6, 6.07) is 5.68. The number of nitriles is 1. The molecule has 1 aromatic rings. The summed E-state index contributed by atoms with van der Waals surface area (Å²) in [7, 11) is 0. The summed E-state index contributed by atoms with van der Waals surface area (Å²) in [4.78, 5) is 13.7. The summed E-state index contributed by atoms with van der Waals surface area (Å²) >= 11 is 3.22. The van der Waals surface area contributed by atoms with Crippen LogP contribution in [0, 0.1) is 17.1 Å². The van der Waals surface area contributed by atoms with Crippen molar-refractivity contribution < 1.29 is 9.18 Å². The average Bonchev–Trinajstić information content (AvgIpc) is 2.79. The molecule has 3 nitrogen and oxygen atoms in total. The molecule has 17 heavy (non-hydrogen) atoms. The van der Waals surface area contributed by atoms with Crippen LogP contribution in [0.2, 0.25) is 0 Å². The Morgan fingerprint density at radius 3 is 3.06 bits per heavy atom. The van der Waals surface area contributed by atoms with Crippen molar-refractivity contribution in [3.63, 3.8) is 0 Å². The number of benzene rings is 1. The van der Waals surface area contributed by atoms with Gasteiger partial charge in [0.05, 0.1) is 11.6 Å². The van der Waals surface area contributed by atoms with Crippen LogP contribution in [-0.4, -0.2) is 23.4 Å². The minimum atomic E-state index is -0.454. The summed E-state index contributed by atoms with van der Waals surface area (Å²) in [6.07, 6.45) is 1.51. The Kier molecular flexibility index (Phi) is 3.43. The molecule has 0 aromatic heterocycles. The van der Waals surface area contributed by atoms with E-state index in [0.717, 1.165) is 6.42 Å². The fourth-order valence-corrected chi connectivity index (χ4v) is 2.38. The van der Waals surface area contributed by atoms with Gasteiger partial charge in [0, 0.05) is 11.0 Å². The molecule has 1 aliphatic rings. The summed E-state index contributed by atoms with van der Waals surface area (Å²) in [5.41, 5.74) is 0.271. The number of amides is 1. The lowest BCUT2D eigenvalue weighted by molar-refractivity contribution is 0.0763. The third-order valence-electron chi connectivity index (χ3n) is 2.82. The van der Waals surface area contributed by atoms with Gasteiger partial charge in [0.2, 0.25) is 0 Å². The molecule has 1 aromatic carbocycles. The zero-order valence-electron chi connectivity index (χ0n) is 8.99. The minimum absolute atomic E-state index is 0.271. The van der Waals surface area contributed by atoms with Gasteiger partial charge >= 0.3 is 0 Å². The smallest absolute Gasteiger partial charge is 0.256 e. The Morgan fingerprint density at radius 1 is 1.59 bits per heavy atom. The van der Waals surface area contributed by atoms with Crippen LogP contribution in [0.4, 0.5) is 4.39 Å². The molecule has 1 saturated heterocycles. The van der Waals surface area contributed by atoms with E-state index >= 15 is 0 Å². The van der Waals surface area contributed by atoms with Crippen molar-refractivity contribution in [3.05, 3.63) is 34.1 Å². The first-order valence-corrected chi connectivity index (χ1v) is 6.08. The lowest BCUT2D eigenvalue weighted by Crippen LogP contribution is -2.34. The number of carbonyl (C=O) groups is 1. The van der Waals surface area contributed by atoms with E-state index in [2.05, 4.69) is 22.0 Å². The number of likely N-dealkylation sites (tertiary alicyclic amines) is 1. The van der Waals surface area contributed by atoms with E-state index in [9.17, 15) is 9.18 Å². The summed E-state index contributed by atoms with van der Waals surface area (Å²) in [5.74, 6) is -0.746. The second kappa shape index (κ2) is 4.84. The van der Waals surface area contributed by atoms with Crippen LogP contribution < -0.4 is 0 Å². The van der Waals surface area contributed by atoms with Gasteiger partial charge < -0.3 is 4.90 Å². The van der Waals surface area contributed by atoms with E-state index in [4.69, 9.17) is 5.26 Å². The molecule has 0 bridgehead atoms. The molecule has 0 aliphatic carbocycles. The molecular weight excluding hydrogens is 287 g/mol. The summed E-state index contributed by atoms with van der Waals surface area (Å²) < 4.78 is 13.7. The van der Waals surface area contributed by atoms with Crippen LogP contribution in [0.3, 0.4) is 0 Å². The van der Waals surface area contributed by atoms with E-state index in [-0.39, 0.29) is 11.5 Å². The van der Waals surface area contributed by atoms with Gasteiger partial charge in [-0.25, -0.2) is 4.39 Å². The van der Waals surface area contributed by atoms with Crippen molar-refractivity contribution in [3.8, 4) is 6.07 Å². The Hall–Kier alpha value is -1.41. The first-order chi connectivity index (χ1) is 8.13. The molecule has 1 fully saturated rings. The molecule has 0 N–H and O–H groups in total. The first kappa shape index (κ1) is 12.1. The zero-order valence-corrected chi connectivity index (χ0v) is 10.6. The van der Waals surface area contributed by atoms with E-state index < -0.39 is 11.9 Å². The van der Waals surface area contributed by atoms with Crippen molar-refractivity contribution in [2.24, 2.45) is 0 Å². The van der Waals surface area contributed by atoms with Gasteiger partial charge in [-0.2, -0.15) is 5.26 Å². The van der Waals surface area contributed by atoms with Crippen LogP contribution in [0.1, 0.15) is 23.2 Å². The van der Waals surface area contributed by atoms with Crippen molar-refractivity contribution in [2.45, 2.75) is 18.9 Å². The Balaban J connectivity index is 2.31. The quantitative estimate of drug-likeness (QED) is 0.800. The number of halogens is 2. The standard InChI is InChI=1S/C12H10BrFN2O/c13-11-4-3-8(14)6-10(11)12(17)16-5-1-2-9(16)7-15/h3-4,6,9H,1-2,5H2. The fourth-order valence-electron chi connectivity index (χ4n) is 1.96. The molecule has 1 unspecified atom stereocenters. The Morgan fingerprint density at radius 2 is 2.35 bits per heavy atom. The number of hydrogen-bond donors (Lipinski definition) is 0. The normalized spacial score (nSPS) is 19.1. The number of carbonyl (C=O) groups excluding carboxylic acids is 1. The van der Waals surface area contributed by atoms with Gasteiger partial charge in [0.15, 0.2) is 0 Å². The highest BCUT2D eigenvalue weighted by atomic mass is 79.9. The zero-order chi connectivity index (χ0) is 12.4. The second-order valence-electron chi connectivity index (χ2n) is 3.91. The van der Waals surface area contributed by atoms with Crippen LogP contribution in [0.5, 0.6) is 0 Å². The highest BCUT2D eigenvalue weighted by Gasteiger charge is 2.30. The lowest BCUT2D eigenvalue weighted by Gasteiger charge is -2.20. The Bertz CT molecular complexity index is 498. The third-order valence-corrected chi connectivity index (χ3v) is 3.51. The molecular formula is C12H10BrFN2O. The molecule has 0 spiro atoms. The SMILES string of the molecule is N#CC1CCCN1C(=O)c1cc(F)ccc1Br. The van der Waals surface area contributed by atoms with Crippen molar-refractivity contribution in [1.29, 1.82) is 5.26 Å². The predicted molar refractivity (Wildman–Crippen MR) is 63.8 cm³/mol. The van der Waals surface area contributed by atoms with E-state index in [1.54, 1.807) is 0 Å². The number of hydrogen-bond acceptors (Lipinski definition) is 2. The highest BCUT2D eigenvalue weighted by Crippen LogP contribution is 2.24. The molecule has 2 rings (SSSR count). The lowest BCUT2D eigenvalue weighted by atomic mass is 10.1. The summed E-state index contributed by atoms with van der Waals surface area (Å²) in [6.45, 7) is 0.556. The molecule has 5 heteroatoms. The van der Waals surface area contributed by atoms with Gasteiger partial charge in [0.25, 0.3) is 5.91 Å². The number of rotatable bonds is 1. The maximum atomic E-state index is 13.1. The van der Waals surface area contributed by atoms with Crippen LogP contribution in [0.25, 0.3) is 0 Å². The number of nitrogens with zero attached hydrogens (tertiary/aromatic N) is 2. The van der Waals surface area contributed by atoms with Crippen molar-refractivity contribution in [1.82, 2.24) is 4.90 Å². The molecule has 1 atom stereocenters. The van der Waals surface area contributed by atoms with Gasteiger partial charge in [-0.3, -0.25) is 4.79 Å². The molecule has 1 aliphatic heterocycles. The fraction of sp³-hybridized carbons (Fsp3) is 0.333. The van der Waals surface area contributed by atoms with Gasteiger partial charge in [-0.05, 0) is 47.0 Å². The maximum absolute atomic E-state index is 13.1. The molecule has 0 saturated carbocycles. The van der Waals surface area contributed by atoms with Crippen molar-refractivity contribution >= 4 is 21.8 Å². The highest BCUT2D eigenvalue weighted by molar-refractivity contribution is 9.10. The van der Waals surface area contributed by atoms with Crippen molar-refractivity contribution in [2.75, 3.05) is 6.54 Å². The van der Waals surface area contributed by atoms with Crippen LogP contribution in [0.15, 0.2) is 22.7 Å².